The van der Waals surface area contributed by atoms with E-state index in [1.165, 1.54) is 19.1 Å². The van der Waals surface area contributed by atoms with Gasteiger partial charge in [-0.2, -0.15) is 0 Å². The molecule has 0 radical (unpaired) electrons. The van der Waals surface area contributed by atoms with Crippen LogP contribution >= 0.6 is 0 Å². The minimum absolute atomic E-state index is 0.0540. The van der Waals surface area contributed by atoms with Crippen LogP contribution in [-0.4, -0.2) is 23.5 Å². The standard InChI is InChI=1S/C17H15N3O4/c1-8(21)9-2-4-10(5-3-9)14-12(16(19)23)6-11(15(18)22)7-13(14)17(20)24/h2-7H,1H3,(H2,18,22)(H2,19,23)(H2,20,24). The van der Waals surface area contributed by atoms with Gasteiger partial charge in [0.15, 0.2) is 5.78 Å². The molecule has 7 heteroatoms. The third-order valence-corrected chi connectivity index (χ3v) is 3.53. The van der Waals surface area contributed by atoms with Gasteiger partial charge in [0, 0.05) is 27.8 Å². The van der Waals surface area contributed by atoms with Crippen LogP contribution in [0.2, 0.25) is 0 Å². The lowest BCUT2D eigenvalue weighted by molar-refractivity contribution is 0.0993. The highest BCUT2D eigenvalue weighted by atomic mass is 16.2. The molecule has 2 rings (SSSR count). The molecule has 0 aliphatic carbocycles. The first-order chi connectivity index (χ1) is 11.2. The van der Waals surface area contributed by atoms with Crippen molar-refractivity contribution in [3.63, 3.8) is 0 Å². The van der Waals surface area contributed by atoms with Crippen molar-refractivity contribution in [2.45, 2.75) is 6.92 Å². The number of amides is 3. The van der Waals surface area contributed by atoms with Gasteiger partial charge in [0.1, 0.15) is 0 Å². The van der Waals surface area contributed by atoms with Crippen molar-refractivity contribution in [3.05, 3.63) is 58.7 Å². The summed E-state index contributed by atoms with van der Waals surface area (Å²) in [6, 6.07) is 8.66. The van der Waals surface area contributed by atoms with Crippen molar-refractivity contribution in [2.24, 2.45) is 17.2 Å². The normalized spacial score (nSPS) is 10.2. The topological polar surface area (TPSA) is 146 Å². The molecule has 6 N–H and O–H groups in total. The number of carbonyl (C=O) groups is 4. The van der Waals surface area contributed by atoms with Gasteiger partial charge >= 0.3 is 0 Å². The third kappa shape index (κ3) is 3.14. The van der Waals surface area contributed by atoms with E-state index in [4.69, 9.17) is 17.2 Å². The Bertz CT molecular complexity index is 835. The van der Waals surface area contributed by atoms with Gasteiger partial charge < -0.3 is 17.2 Å². The van der Waals surface area contributed by atoms with E-state index in [1.54, 1.807) is 24.3 Å². The monoisotopic (exact) mass is 325 g/mol. The van der Waals surface area contributed by atoms with Gasteiger partial charge in [-0.15, -0.1) is 0 Å². The van der Waals surface area contributed by atoms with Crippen LogP contribution in [-0.2, 0) is 0 Å². The number of benzene rings is 2. The molecule has 0 spiro atoms. The molecule has 0 saturated heterocycles. The Kier molecular flexibility index (Phi) is 4.45. The molecule has 7 nitrogen and oxygen atoms in total. The molecule has 0 fully saturated rings. The van der Waals surface area contributed by atoms with Gasteiger partial charge in [-0.05, 0) is 24.6 Å². The molecule has 0 atom stereocenters. The zero-order chi connectivity index (χ0) is 18.0. The quantitative estimate of drug-likeness (QED) is 0.699. The van der Waals surface area contributed by atoms with Crippen molar-refractivity contribution >= 4 is 23.5 Å². The highest BCUT2D eigenvalue weighted by Crippen LogP contribution is 2.29. The molecule has 0 aliphatic rings. The Hall–Kier alpha value is -3.48. The molecule has 24 heavy (non-hydrogen) atoms. The van der Waals surface area contributed by atoms with Gasteiger partial charge in [-0.1, -0.05) is 24.3 Å². The van der Waals surface area contributed by atoms with Gasteiger partial charge in [0.25, 0.3) is 0 Å². The maximum atomic E-state index is 11.8. The second-order valence-corrected chi connectivity index (χ2v) is 5.17. The first-order valence-electron chi connectivity index (χ1n) is 6.91. The van der Waals surface area contributed by atoms with Crippen LogP contribution in [0.15, 0.2) is 36.4 Å². The molecule has 2 aromatic carbocycles. The molecule has 122 valence electrons. The lowest BCUT2D eigenvalue weighted by atomic mass is 9.90. The fourth-order valence-electron chi connectivity index (χ4n) is 2.36. The minimum Gasteiger partial charge on any atom is -0.366 e. The summed E-state index contributed by atoms with van der Waals surface area (Å²) in [5, 5.41) is 0. The highest BCUT2D eigenvalue weighted by Gasteiger charge is 2.21. The van der Waals surface area contributed by atoms with Crippen LogP contribution in [0.5, 0.6) is 0 Å². The molecular formula is C17H15N3O4. The van der Waals surface area contributed by atoms with E-state index in [0.717, 1.165) is 0 Å². The van der Waals surface area contributed by atoms with Crippen LogP contribution in [0.3, 0.4) is 0 Å². The van der Waals surface area contributed by atoms with Crippen molar-refractivity contribution in [1.82, 2.24) is 0 Å². The number of nitrogens with two attached hydrogens (primary N) is 3. The van der Waals surface area contributed by atoms with E-state index in [2.05, 4.69) is 0 Å². The molecule has 0 aliphatic heterocycles. The molecule has 0 unspecified atom stereocenters. The van der Waals surface area contributed by atoms with Gasteiger partial charge in [-0.25, -0.2) is 0 Å². The number of Topliss-reactive ketones (excluding diaryl/α,β-unsaturated/α-hetero) is 1. The van der Waals surface area contributed by atoms with Crippen LogP contribution in [0, 0.1) is 0 Å². The van der Waals surface area contributed by atoms with E-state index in [9.17, 15) is 19.2 Å². The Morgan fingerprint density at radius 2 is 1.17 bits per heavy atom. The van der Waals surface area contributed by atoms with Crippen LogP contribution in [0.1, 0.15) is 48.4 Å². The average Bonchev–Trinajstić information content (AvgIpc) is 2.53. The average molecular weight is 325 g/mol. The van der Waals surface area contributed by atoms with E-state index >= 15 is 0 Å². The van der Waals surface area contributed by atoms with Crippen LogP contribution in [0.25, 0.3) is 11.1 Å². The zero-order valence-corrected chi connectivity index (χ0v) is 12.8. The van der Waals surface area contributed by atoms with Crippen molar-refractivity contribution in [3.8, 4) is 11.1 Å². The van der Waals surface area contributed by atoms with E-state index in [1.807, 2.05) is 0 Å². The number of carbonyl (C=O) groups excluding carboxylic acids is 4. The molecule has 2 aromatic rings. The number of ketones is 1. The Morgan fingerprint density at radius 1 is 0.708 bits per heavy atom. The third-order valence-electron chi connectivity index (χ3n) is 3.53. The molecule has 0 bridgehead atoms. The molecular weight excluding hydrogens is 310 g/mol. The van der Waals surface area contributed by atoms with Crippen molar-refractivity contribution < 1.29 is 19.2 Å². The second-order valence-electron chi connectivity index (χ2n) is 5.17. The fraction of sp³-hybridized carbons (Fsp3) is 0.0588. The fourth-order valence-corrected chi connectivity index (χ4v) is 2.36. The predicted octanol–water partition coefficient (Wildman–Crippen LogP) is 0.853. The lowest BCUT2D eigenvalue weighted by Crippen LogP contribution is -2.21. The summed E-state index contributed by atoms with van der Waals surface area (Å²) in [5.41, 5.74) is 16.9. The largest absolute Gasteiger partial charge is 0.366 e. The number of primary amides is 3. The van der Waals surface area contributed by atoms with Gasteiger partial charge in [0.05, 0.1) is 0 Å². The first kappa shape index (κ1) is 16.9. The Morgan fingerprint density at radius 3 is 1.50 bits per heavy atom. The predicted molar refractivity (Wildman–Crippen MR) is 87.4 cm³/mol. The summed E-state index contributed by atoms with van der Waals surface area (Å²) in [4.78, 5) is 46.3. The summed E-state index contributed by atoms with van der Waals surface area (Å²) in [6.07, 6.45) is 0. The zero-order valence-electron chi connectivity index (χ0n) is 12.8. The number of rotatable bonds is 5. The molecule has 0 saturated carbocycles. The smallest absolute Gasteiger partial charge is 0.249 e. The van der Waals surface area contributed by atoms with Crippen LogP contribution in [0.4, 0.5) is 0 Å². The highest BCUT2D eigenvalue weighted by molar-refractivity contribution is 6.11. The number of hydrogen-bond acceptors (Lipinski definition) is 4. The maximum Gasteiger partial charge on any atom is 0.249 e. The van der Waals surface area contributed by atoms with Gasteiger partial charge in [0.2, 0.25) is 17.7 Å². The summed E-state index contributed by atoms with van der Waals surface area (Å²) >= 11 is 0. The molecule has 0 heterocycles. The van der Waals surface area contributed by atoms with Gasteiger partial charge in [-0.3, -0.25) is 19.2 Å². The van der Waals surface area contributed by atoms with E-state index in [0.29, 0.717) is 11.1 Å². The SMILES string of the molecule is CC(=O)c1ccc(-c2c(C(N)=O)cc(C(N)=O)cc2C(N)=O)cc1. The lowest BCUT2D eigenvalue weighted by Gasteiger charge is -2.13. The van der Waals surface area contributed by atoms with Crippen LogP contribution < -0.4 is 17.2 Å². The minimum atomic E-state index is -0.841. The van der Waals surface area contributed by atoms with E-state index < -0.39 is 17.7 Å². The molecule has 3 amide bonds. The summed E-state index contributed by atoms with van der Waals surface area (Å²) in [6.45, 7) is 1.42. The second kappa shape index (κ2) is 6.33. The Balaban J connectivity index is 2.79. The molecule has 0 aromatic heterocycles. The summed E-state index contributed by atoms with van der Waals surface area (Å²) < 4.78 is 0. The first-order valence-corrected chi connectivity index (χ1v) is 6.91. The van der Waals surface area contributed by atoms with Crippen molar-refractivity contribution in [2.75, 3.05) is 0 Å². The van der Waals surface area contributed by atoms with E-state index in [-0.39, 0.29) is 28.0 Å². The van der Waals surface area contributed by atoms with Crippen molar-refractivity contribution in [1.29, 1.82) is 0 Å². The summed E-state index contributed by atoms with van der Waals surface area (Å²) in [5.74, 6) is -2.63. The summed E-state index contributed by atoms with van der Waals surface area (Å²) in [7, 11) is 0. The number of hydrogen-bond donors (Lipinski definition) is 3. The maximum absolute atomic E-state index is 11.8. The Labute approximate surface area is 137 Å².